The maximum Gasteiger partial charge on any atom is 0.292 e. The zero-order valence-corrected chi connectivity index (χ0v) is 7.79. The zero-order valence-electron chi connectivity index (χ0n) is 7.79. The normalized spacial score (nSPS) is 11.4. The molecule has 0 atom stereocenters. The first-order chi connectivity index (χ1) is 5.95. The molecule has 0 aliphatic heterocycles. The molecule has 1 heterocycles. The van der Waals surface area contributed by atoms with Crippen LogP contribution in [0.25, 0.3) is 0 Å². The lowest BCUT2D eigenvalue weighted by Gasteiger charge is -2.10. The Morgan fingerprint density at radius 1 is 1.62 bits per heavy atom. The molecule has 1 amide bonds. The number of nitrogens with zero attached hydrogens (tertiary/aromatic N) is 2. The fraction of sp³-hybridized carbons (Fsp3) is 0.571. The van der Waals surface area contributed by atoms with Gasteiger partial charge in [-0.05, 0) is 13.8 Å². The van der Waals surface area contributed by atoms with E-state index in [-0.39, 0.29) is 17.6 Å². The van der Waals surface area contributed by atoms with Crippen LogP contribution in [0.15, 0.2) is 4.52 Å². The van der Waals surface area contributed by atoms with Gasteiger partial charge >= 0.3 is 0 Å². The summed E-state index contributed by atoms with van der Waals surface area (Å²) in [5.74, 6) is -0.152. The summed E-state index contributed by atoms with van der Waals surface area (Å²) in [6, 6.07) is 0. The summed E-state index contributed by atoms with van der Waals surface area (Å²) in [6.07, 6.45) is 0. The Morgan fingerprint density at radius 2 is 2.23 bits per heavy atom. The Morgan fingerprint density at radius 3 is 2.62 bits per heavy atom. The first-order valence-corrected chi connectivity index (χ1v) is 3.80. The third kappa shape index (κ3) is 2.03. The van der Waals surface area contributed by atoms with Gasteiger partial charge in [-0.3, -0.25) is 4.79 Å². The lowest BCUT2D eigenvalue weighted by molar-refractivity contribution is 0.0950. The van der Waals surface area contributed by atoms with E-state index in [0.717, 1.165) is 0 Å². The number of carbonyl (C=O) groups excluding carboxylic acids is 1. The van der Waals surface area contributed by atoms with E-state index in [4.69, 9.17) is 10.3 Å². The van der Waals surface area contributed by atoms with Crippen LogP contribution >= 0.6 is 0 Å². The summed E-state index contributed by atoms with van der Waals surface area (Å²) in [5.41, 5.74) is 4.96. The molecule has 6 heteroatoms. The minimum atomic E-state index is -0.723. The molecule has 1 rings (SSSR count). The summed E-state index contributed by atoms with van der Waals surface area (Å²) in [7, 11) is 1.49. The molecule has 0 unspecified atom stereocenters. The van der Waals surface area contributed by atoms with E-state index in [2.05, 4.69) is 15.5 Å². The average molecular weight is 184 g/mol. The molecule has 72 valence electrons. The predicted molar refractivity (Wildman–Crippen MR) is 44.9 cm³/mol. The molecule has 0 fully saturated rings. The lowest BCUT2D eigenvalue weighted by atomic mass is 10.1. The highest BCUT2D eigenvalue weighted by molar-refractivity contribution is 5.89. The van der Waals surface area contributed by atoms with Crippen LogP contribution < -0.4 is 11.1 Å². The SMILES string of the molecule is CNC(=O)c1noc(C(C)(C)N)n1. The second-order valence-electron chi connectivity index (χ2n) is 3.22. The Bertz CT molecular complexity index is 313. The second-order valence-corrected chi connectivity index (χ2v) is 3.22. The molecule has 0 spiro atoms. The molecule has 0 aliphatic rings. The van der Waals surface area contributed by atoms with Crippen molar-refractivity contribution in [2.75, 3.05) is 7.05 Å². The smallest absolute Gasteiger partial charge is 0.292 e. The molecule has 3 N–H and O–H groups in total. The maximum absolute atomic E-state index is 11.0. The van der Waals surface area contributed by atoms with Crippen molar-refractivity contribution in [3.05, 3.63) is 11.7 Å². The highest BCUT2D eigenvalue weighted by Gasteiger charge is 2.24. The summed E-state index contributed by atoms with van der Waals surface area (Å²) >= 11 is 0. The summed E-state index contributed by atoms with van der Waals surface area (Å²) < 4.78 is 4.81. The van der Waals surface area contributed by atoms with E-state index in [1.165, 1.54) is 7.05 Å². The fourth-order valence-electron chi connectivity index (χ4n) is 0.689. The van der Waals surface area contributed by atoms with Gasteiger partial charge in [0.05, 0.1) is 5.54 Å². The average Bonchev–Trinajstić information content (AvgIpc) is 2.50. The van der Waals surface area contributed by atoms with Crippen molar-refractivity contribution >= 4 is 5.91 Å². The second kappa shape index (κ2) is 3.14. The predicted octanol–water partition coefficient (Wildman–Crippen LogP) is -0.377. The molecule has 0 aliphatic carbocycles. The van der Waals surface area contributed by atoms with E-state index in [0.29, 0.717) is 0 Å². The molecule has 0 bridgehead atoms. The number of nitrogens with two attached hydrogens (primary N) is 1. The third-order valence-electron chi connectivity index (χ3n) is 1.41. The van der Waals surface area contributed by atoms with E-state index >= 15 is 0 Å². The van der Waals surface area contributed by atoms with Crippen molar-refractivity contribution < 1.29 is 9.32 Å². The van der Waals surface area contributed by atoms with Crippen LogP contribution in [0.1, 0.15) is 30.4 Å². The zero-order chi connectivity index (χ0) is 10.1. The number of hydrogen-bond donors (Lipinski definition) is 2. The van der Waals surface area contributed by atoms with Crippen LogP contribution in [-0.4, -0.2) is 23.1 Å². The van der Waals surface area contributed by atoms with Crippen molar-refractivity contribution in [1.29, 1.82) is 0 Å². The van der Waals surface area contributed by atoms with Gasteiger partial charge in [-0.15, -0.1) is 0 Å². The molecular weight excluding hydrogens is 172 g/mol. The van der Waals surface area contributed by atoms with E-state index < -0.39 is 5.54 Å². The molecule has 0 aromatic carbocycles. The summed E-state index contributed by atoms with van der Waals surface area (Å²) in [4.78, 5) is 14.9. The van der Waals surface area contributed by atoms with E-state index in [1.807, 2.05) is 0 Å². The number of aromatic nitrogens is 2. The maximum atomic E-state index is 11.0. The van der Waals surface area contributed by atoms with Crippen molar-refractivity contribution in [3.8, 4) is 0 Å². The molecule has 1 aromatic heterocycles. The van der Waals surface area contributed by atoms with Gasteiger partial charge in [-0.2, -0.15) is 4.98 Å². The minimum absolute atomic E-state index is 0.00368. The van der Waals surface area contributed by atoms with Crippen molar-refractivity contribution in [3.63, 3.8) is 0 Å². The largest absolute Gasteiger partial charge is 0.352 e. The number of carbonyl (C=O) groups is 1. The van der Waals surface area contributed by atoms with Gasteiger partial charge in [-0.25, -0.2) is 0 Å². The van der Waals surface area contributed by atoms with Crippen molar-refractivity contribution in [1.82, 2.24) is 15.5 Å². The third-order valence-corrected chi connectivity index (χ3v) is 1.41. The van der Waals surface area contributed by atoms with Crippen LogP contribution in [0.5, 0.6) is 0 Å². The van der Waals surface area contributed by atoms with Gasteiger partial charge in [0.15, 0.2) is 0 Å². The first-order valence-electron chi connectivity index (χ1n) is 3.80. The number of rotatable bonds is 2. The number of nitrogens with one attached hydrogen (secondary N) is 1. The highest BCUT2D eigenvalue weighted by Crippen LogP contribution is 2.13. The van der Waals surface area contributed by atoms with Gasteiger partial charge in [0, 0.05) is 7.05 Å². The van der Waals surface area contributed by atoms with E-state index in [9.17, 15) is 4.79 Å². The highest BCUT2D eigenvalue weighted by atomic mass is 16.5. The van der Waals surface area contributed by atoms with Gasteiger partial charge in [0.1, 0.15) is 0 Å². The lowest BCUT2D eigenvalue weighted by Crippen LogP contribution is -2.29. The number of amides is 1. The molecule has 6 nitrogen and oxygen atoms in total. The first kappa shape index (κ1) is 9.66. The topological polar surface area (TPSA) is 94.0 Å². The molecule has 0 radical (unpaired) electrons. The Labute approximate surface area is 75.5 Å². The van der Waals surface area contributed by atoms with E-state index in [1.54, 1.807) is 13.8 Å². The van der Waals surface area contributed by atoms with Gasteiger partial charge in [-0.1, -0.05) is 5.16 Å². The minimum Gasteiger partial charge on any atom is -0.352 e. The summed E-state index contributed by atoms with van der Waals surface area (Å²) in [5, 5.41) is 5.86. The molecule has 0 saturated carbocycles. The van der Waals surface area contributed by atoms with Crippen molar-refractivity contribution in [2.45, 2.75) is 19.4 Å². The van der Waals surface area contributed by atoms with Gasteiger partial charge < -0.3 is 15.6 Å². The Balaban J connectivity index is 2.93. The van der Waals surface area contributed by atoms with Crippen LogP contribution in [-0.2, 0) is 5.54 Å². The summed E-state index contributed by atoms with van der Waals surface area (Å²) in [6.45, 7) is 3.43. The number of hydrogen-bond acceptors (Lipinski definition) is 5. The molecular formula is C7H12N4O2. The molecule has 0 saturated heterocycles. The standard InChI is InChI=1S/C7H12N4O2/c1-7(2,8)6-10-4(11-13-6)5(12)9-3/h8H2,1-3H3,(H,9,12). The van der Waals surface area contributed by atoms with Crippen molar-refractivity contribution in [2.24, 2.45) is 5.73 Å². The van der Waals surface area contributed by atoms with Crippen LogP contribution in [0.4, 0.5) is 0 Å². The quantitative estimate of drug-likeness (QED) is 0.653. The van der Waals surface area contributed by atoms with Gasteiger partial charge in [0.25, 0.3) is 11.7 Å². The Hall–Kier alpha value is -1.43. The van der Waals surface area contributed by atoms with Gasteiger partial charge in [0.2, 0.25) is 5.89 Å². The molecule has 13 heavy (non-hydrogen) atoms. The fourth-order valence-corrected chi connectivity index (χ4v) is 0.689. The van der Waals surface area contributed by atoms with Crippen LogP contribution in [0, 0.1) is 0 Å². The monoisotopic (exact) mass is 184 g/mol. The Kier molecular flexibility index (Phi) is 2.33. The van der Waals surface area contributed by atoms with Crippen LogP contribution in [0.2, 0.25) is 0 Å². The molecule has 1 aromatic rings. The van der Waals surface area contributed by atoms with Crippen LogP contribution in [0.3, 0.4) is 0 Å².